The third-order valence-electron chi connectivity index (χ3n) is 5.49. The van der Waals surface area contributed by atoms with E-state index in [0.29, 0.717) is 12.8 Å². The summed E-state index contributed by atoms with van der Waals surface area (Å²) >= 11 is 0. The van der Waals surface area contributed by atoms with Gasteiger partial charge in [-0.2, -0.15) is 0 Å². The highest BCUT2D eigenvalue weighted by molar-refractivity contribution is 6.07. The van der Waals surface area contributed by atoms with E-state index in [1.54, 1.807) is 0 Å². The van der Waals surface area contributed by atoms with Gasteiger partial charge in [0.2, 0.25) is 0 Å². The lowest BCUT2D eigenvalue weighted by Gasteiger charge is -2.30. The number of hydrogen-bond donors (Lipinski definition) is 1. The van der Waals surface area contributed by atoms with E-state index in [0.717, 1.165) is 41.0 Å². The molecule has 2 fully saturated rings. The van der Waals surface area contributed by atoms with E-state index in [2.05, 4.69) is 5.32 Å². The number of aryl methyl sites for hydroxylation is 2. The number of nitrogens with one attached hydrogen (secondary N) is 1. The third-order valence-corrected chi connectivity index (χ3v) is 5.49. The highest BCUT2D eigenvalue weighted by Crippen LogP contribution is 2.33. The maximum absolute atomic E-state index is 12.7. The van der Waals surface area contributed by atoms with E-state index in [9.17, 15) is 14.4 Å². The second-order valence-corrected chi connectivity index (χ2v) is 7.57. The number of esters is 1. The van der Waals surface area contributed by atoms with Crippen LogP contribution in [-0.2, 0) is 14.3 Å². The number of rotatable bonds is 7. The standard InChI is InChI=1S/C21H28N2O5/c1-15-7-6-8-16(2)18(15)28-14-13-27-17(24)9-12-23-19(25)21(22-20(23)26)10-4-3-5-11-21/h6-8H,3-5,9-14H2,1-2H3,(H,22,26). The Morgan fingerprint density at radius 2 is 1.79 bits per heavy atom. The molecule has 1 heterocycles. The van der Waals surface area contributed by atoms with Gasteiger partial charge >= 0.3 is 12.0 Å². The van der Waals surface area contributed by atoms with Crippen molar-refractivity contribution in [3.05, 3.63) is 29.3 Å². The zero-order valence-corrected chi connectivity index (χ0v) is 16.6. The van der Waals surface area contributed by atoms with Crippen molar-refractivity contribution in [3.8, 4) is 5.75 Å². The number of amides is 3. The van der Waals surface area contributed by atoms with Crippen LogP contribution in [0.25, 0.3) is 0 Å². The van der Waals surface area contributed by atoms with Crippen molar-refractivity contribution in [1.29, 1.82) is 0 Å². The molecule has 1 saturated heterocycles. The fourth-order valence-corrected chi connectivity index (χ4v) is 3.97. The van der Waals surface area contributed by atoms with Crippen molar-refractivity contribution >= 4 is 17.9 Å². The summed E-state index contributed by atoms with van der Waals surface area (Å²) in [7, 11) is 0. The van der Waals surface area contributed by atoms with Crippen LogP contribution in [0.1, 0.15) is 49.7 Å². The maximum atomic E-state index is 12.7. The molecular formula is C21H28N2O5. The van der Waals surface area contributed by atoms with Crippen LogP contribution in [0.5, 0.6) is 5.75 Å². The van der Waals surface area contributed by atoms with Crippen molar-refractivity contribution in [2.45, 2.75) is 57.9 Å². The Labute approximate surface area is 165 Å². The molecule has 1 saturated carbocycles. The number of nitrogens with zero attached hydrogens (tertiary/aromatic N) is 1. The van der Waals surface area contributed by atoms with Gasteiger partial charge in [0.1, 0.15) is 24.5 Å². The number of ether oxygens (including phenoxy) is 2. The average molecular weight is 388 g/mol. The minimum absolute atomic E-state index is 0.0152. The van der Waals surface area contributed by atoms with E-state index >= 15 is 0 Å². The zero-order chi connectivity index (χ0) is 20.1. The molecule has 3 rings (SSSR count). The van der Waals surface area contributed by atoms with Gasteiger partial charge in [-0.1, -0.05) is 37.5 Å². The van der Waals surface area contributed by atoms with Crippen LogP contribution in [0.4, 0.5) is 4.79 Å². The molecule has 1 aromatic carbocycles. The van der Waals surface area contributed by atoms with Crippen LogP contribution < -0.4 is 10.1 Å². The van der Waals surface area contributed by atoms with Gasteiger partial charge in [0.15, 0.2) is 0 Å². The monoisotopic (exact) mass is 388 g/mol. The molecular weight excluding hydrogens is 360 g/mol. The normalized spacial score (nSPS) is 18.3. The van der Waals surface area contributed by atoms with Crippen LogP contribution in [0, 0.1) is 13.8 Å². The van der Waals surface area contributed by atoms with Gasteiger partial charge in [-0.3, -0.25) is 14.5 Å². The van der Waals surface area contributed by atoms with Gasteiger partial charge in [0.25, 0.3) is 5.91 Å². The first-order valence-corrected chi connectivity index (χ1v) is 9.92. The molecule has 0 unspecified atom stereocenters. The summed E-state index contributed by atoms with van der Waals surface area (Å²) in [5.74, 6) is 0.148. The molecule has 0 radical (unpaired) electrons. The Bertz CT molecular complexity index is 735. The SMILES string of the molecule is Cc1cccc(C)c1OCCOC(=O)CCN1C(=O)NC2(CCCCC2)C1=O. The topological polar surface area (TPSA) is 84.9 Å². The van der Waals surface area contributed by atoms with Crippen LogP contribution in [0.2, 0.25) is 0 Å². The second-order valence-electron chi connectivity index (χ2n) is 7.57. The summed E-state index contributed by atoms with van der Waals surface area (Å²) in [5.41, 5.74) is 1.31. The molecule has 1 aliphatic carbocycles. The van der Waals surface area contributed by atoms with Crippen LogP contribution >= 0.6 is 0 Å². The lowest BCUT2D eigenvalue weighted by Crippen LogP contribution is -2.48. The fraction of sp³-hybridized carbons (Fsp3) is 0.571. The molecule has 28 heavy (non-hydrogen) atoms. The lowest BCUT2D eigenvalue weighted by molar-refractivity contribution is -0.145. The molecule has 1 spiro atoms. The molecule has 0 aromatic heterocycles. The van der Waals surface area contributed by atoms with E-state index in [1.807, 2.05) is 32.0 Å². The first kappa shape index (κ1) is 20.2. The molecule has 1 N–H and O–H groups in total. The Morgan fingerprint density at radius 3 is 2.46 bits per heavy atom. The highest BCUT2D eigenvalue weighted by Gasteiger charge is 2.51. The minimum Gasteiger partial charge on any atom is -0.489 e. The summed E-state index contributed by atoms with van der Waals surface area (Å²) in [4.78, 5) is 38.0. The van der Waals surface area contributed by atoms with E-state index < -0.39 is 17.5 Å². The number of imide groups is 1. The maximum Gasteiger partial charge on any atom is 0.325 e. The van der Waals surface area contributed by atoms with Crippen LogP contribution in [-0.4, -0.2) is 48.1 Å². The van der Waals surface area contributed by atoms with Gasteiger partial charge in [0.05, 0.1) is 6.42 Å². The van der Waals surface area contributed by atoms with Crippen LogP contribution in [0.15, 0.2) is 18.2 Å². The van der Waals surface area contributed by atoms with E-state index in [1.165, 1.54) is 0 Å². The smallest absolute Gasteiger partial charge is 0.325 e. The molecule has 0 bridgehead atoms. The van der Waals surface area contributed by atoms with Crippen molar-refractivity contribution in [2.75, 3.05) is 19.8 Å². The van der Waals surface area contributed by atoms with Gasteiger partial charge in [-0.05, 0) is 37.8 Å². The number of benzene rings is 1. The number of hydrogen-bond acceptors (Lipinski definition) is 5. The number of urea groups is 1. The number of carbonyl (C=O) groups excluding carboxylic acids is 3. The second kappa shape index (κ2) is 8.63. The minimum atomic E-state index is -0.752. The average Bonchev–Trinajstić information content (AvgIpc) is 2.89. The first-order valence-electron chi connectivity index (χ1n) is 9.92. The summed E-state index contributed by atoms with van der Waals surface area (Å²) < 4.78 is 10.9. The largest absolute Gasteiger partial charge is 0.489 e. The summed E-state index contributed by atoms with van der Waals surface area (Å²) in [5, 5.41) is 2.84. The summed E-state index contributed by atoms with van der Waals surface area (Å²) in [6.07, 6.45) is 4.28. The third kappa shape index (κ3) is 4.29. The quantitative estimate of drug-likeness (QED) is 0.441. The Kier molecular flexibility index (Phi) is 6.21. The Hall–Kier alpha value is -2.57. The number of carbonyl (C=O) groups is 3. The summed E-state index contributed by atoms with van der Waals surface area (Å²) in [6.45, 7) is 4.35. The number of para-hydroxylation sites is 1. The van der Waals surface area contributed by atoms with Crippen molar-refractivity contribution in [2.24, 2.45) is 0 Å². The van der Waals surface area contributed by atoms with E-state index in [4.69, 9.17) is 9.47 Å². The predicted molar refractivity (Wildman–Crippen MR) is 103 cm³/mol. The van der Waals surface area contributed by atoms with Crippen molar-refractivity contribution in [3.63, 3.8) is 0 Å². The van der Waals surface area contributed by atoms with Gasteiger partial charge < -0.3 is 14.8 Å². The Morgan fingerprint density at radius 1 is 1.11 bits per heavy atom. The van der Waals surface area contributed by atoms with Crippen molar-refractivity contribution < 1.29 is 23.9 Å². The predicted octanol–water partition coefficient (Wildman–Crippen LogP) is 2.87. The molecule has 7 nitrogen and oxygen atoms in total. The summed E-state index contributed by atoms with van der Waals surface area (Å²) in [6, 6.07) is 5.49. The van der Waals surface area contributed by atoms with Gasteiger partial charge in [-0.25, -0.2) is 4.79 Å². The highest BCUT2D eigenvalue weighted by atomic mass is 16.6. The Balaban J connectivity index is 1.41. The van der Waals surface area contributed by atoms with Crippen molar-refractivity contribution in [1.82, 2.24) is 10.2 Å². The first-order chi connectivity index (χ1) is 13.4. The molecule has 1 aliphatic heterocycles. The van der Waals surface area contributed by atoms with Gasteiger partial charge in [-0.15, -0.1) is 0 Å². The molecule has 0 atom stereocenters. The molecule has 1 aromatic rings. The molecule has 152 valence electrons. The fourth-order valence-electron chi connectivity index (χ4n) is 3.97. The molecule has 7 heteroatoms. The molecule has 3 amide bonds. The van der Waals surface area contributed by atoms with Crippen LogP contribution in [0.3, 0.4) is 0 Å². The van der Waals surface area contributed by atoms with Gasteiger partial charge in [0, 0.05) is 6.54 Å². The van der Waals surface area contributed by atoms with E-state index in [-0.39, 0.29) is 32.1 Å². The molecule has 2 aliphatic rings. The lowest BCUT2D eigenvalue weighted by atomic mass is 9.82. The zero-order valence-electron chi connectivity index (χ0n) is 16.6.